The molecule has 3 amide bonds. The first-order chi connectivity index (χ1) is 19.3. The molecule has 1 aromatic carbocycles. The summed E-state index contributed by atoms with van der Waals surface area (Å²) in [4.78, 5) is 28.4. The predicted octanol–water partition coefficient (Wildman–Crippen LogP) is 6.00. The van der Waals surface area contributed by atoms with Crippen LogP contribution in [0.1, 0.15) is 89.5 Å². The first kappa shape index (κ1) is 32.6. The number of methoxy groups -OCH3 is 1. The number of nitrogens with one attached hydrogen (secondary N) is 3. The number of unbranched alkanes of at least 4 members (excludes halogenated alkanes) is 1. The molecule has 2 aliphatic rings. The highest BCUT2D eigenvalue weighted by Crippen LogP contribution is 2.42. The molecule has 1 saturated heterocycles. The maximum atomic E-state index is 15.7. The molecule has 1 heterocycles. The highest BCUT2D eigenvalue weighted by atomic mass is 35.5. The van der Waals surface area contributed by atoms with E-state index in [0.29, 0.717) is 37.6 Å². The van der Waals surface area contributed by atoms with Gasteiger partial charge in [-0.15, -0.1) is 0 Å². The number of benzene rings is 1. The van der Waals surface area contributed by atoms with Crippen LogP contribution in [0.2, 0.25) is 5.02 Å². The van der Waals surface area contributed by atoms with Gasteiger partial charge in [0.1, 0.15) is 5.82 Å². The van der Waals surface area contributed by atoms with Gasteiger partial charge in [0.25, 0.3) is 0 Å². The summed E-state index contributed by atoms with van der Waals surface area (Å²) >= 11 is 6.27. The van der Waals surface area contributed by atoms with E-state index < -0.39 is 11.4 Å². The molecule has 40 heavy (non-hydrogen) atoms. The van der Waals surface area contributed by atoms with Gasteiger partial charge in [-0.05, 0) is 57.6 Å². The number of halogens is 2. The number of urea groups is 1. The minimum atomic E-state index is -0.985. The number of rotatable bonds is 14. The summed E-state index contributed by atoms with van der Waals surface area (Å²) < 4.78 is 21.0. The van der Waals surface area contributed by atoms with Crippen molar-refractivity contribution in [3.8, 4) is 0 Å². The third kappa shape index (κ3) is 8.80. The molecule has 7 nitrogen and oxygen atoms in total. The maximum absolute atomic E-state index is 15.7. The number of nitrogens with zero attached hydrogens (tertiary/aromatic N) is 1. The molecule has 1 aromatic rings. The van der Waals surface area contributed by atoms with E-state index in [1.165, 1.54) is 38.2 Å². The molecule has 2 fully saturated rings. The van der Waals surface area contributed by atoms with E-state index in [9.17, 15) is 9.59 Å². The summed E-state index contributed by atoms with van der Waals surface area (Å²) in [5.74, 6) is -0.167. The summed E-state index contributed by atoms with van der Waals surface area (Å²) in [6.07, 6.45) is 11.2. The number of amides is 3. The Hall–Kier alpha value is -1.90. The van der Waals surface area contributed by atoms with E-state index >= 15 is 4.39 Å². The lowest BCUT2D eigenvalue weighted by Gasteiger charge is -2.47. The average Bonchev–Trinajstić information content (AvgIpc) is 2.96. The standard InChI is InChI=1S/C31H50ClFN4O3/c1-4-28(38)36-31(17-8-9-19-40-3,26-15-10-16-27(32)29(26)33)24-14-11-18-37(22-24)30(39)35-25(21-34-2)20-23-12-6-5-7-13-23/h10,15-16,23-25,34H,4-9,11-14,17-22H2,1-3H3,(H,35,39)(H,36,38). The zero-order valence-corrected chi connectivity index (χ0v) is 25.5. The van der Waals surface area contributed by atoms with Crippen molar-refractivity contribution < 1.29 is 18.7 Å². The fourth-order valence-corrected chi connectivity index (χ4v) is 6.90. The van der Waals surface area contributed by atoms with Crippen molar-refractivity contribution in [1.29, 1.82) is 0 Å². The number of piperidine rings is 1. The summed E-state index contributed by atoms with van der Waals surface area (Å²) in [5.41, 5.74) is -0.585. The van der Waals surface area contributed by atoms with Crippen LogP contribution in [-0.4, -0.2) is 63.3 Å². The van der Waals surface area contributed by atoms with Crippen LogP contribution in [0.5, 0.6) is 0 Å². The van der Waals surface area contributed by atoms with Crippen molar-refractivity contribution in [2.45, 2.75) is 95.6 Å². The maximum Gasteiger partial charge on any atom is 0.317 e. The van der Waals surface area contributed by atoms with Crippen LogP contribution in [0.15, 0.2) is 18.2 Å². The van der Waals surface area contributed by atoms with Crippen molar-refractivity contribution in [1.82, 2.24) is 20.9 Å². The minimum absolute atomic E-state index is 0.0348. The van der Waals surface area contributed by atoms with Gasteiger partial charge in [-0.2, -0.15) is 0 Å². The monoisotopic (exact) mass is 580 g/mol. The van der Waals surface area contributed by atoms with Crippen LogP contribution in [-0.2, 0) is 15.1 Å². The van der Waals surface area contributed by atoms with E-state index in [-0.39, 0.29) is 35.3 Å². The van der Waals surface area contributed by atoms with Gasteiger partial charge < -0.3 is 25.6 Å². The SMILES string of the molecule is CCC(=O)NC(CCCCOC)(c1cccc(Cl)c1F)C1CCCN(C(=O)NC(CNC)CC2CCCCC2)C1. The number of likely N-dealkylation sites (N-methyl/N-ethyl adjacent to an activating group) is 1. The Bertz CT molecular complexity index is 945. The van der Waals surface area contributed by atoms with E-state index in [0.717, 1.165) is 38.6 Å². The normalized spacial score (nSPS) is 20.5. The molecule has 1 aliphatic heterocycles. The molecule has 0 aromatic heterocycles. The highest BCUT2D eigenvalue weighted by molar-refractivity contribution is 6.30. The summed E-state index contributed by atoms with van der Waals surface area (Å²) in [6, 6.07) is 4.99. The van der Waals surface area contributed by atoms with Gasteiger partial charge in [0.2, 0.25) is 5.91 Å². The van der Waals surface area contributed by atoms with Gasteiger partial charge in [0.15, 0.2) is 0 Å². The first-order valence-corrected chi connectivity index (χ1v) is 15.7. The van der Waals surface area contributed by atoms with Crippen molar-refractivity contribution in [3.05, 3.63) is 34.6 Å². The lowest BCUT2D eigenvalue weighted by atomic mass is 9.70. The first-order valence-electron chi connectivity index (χ1n) is 15.3. The highest BCUT2D eigenvalue weighted by Gasteiger charge is 2.45. The molecule has 1 saturated carbocycles. The smallest absolute Gasteiger partial charge is 0.317 e. The summed E-state index contributed by atoms with van der Waals surface area (Å²) in [5, 5.41) is 9.83. The Morgan fingerprint density at radius 1 is 1.18 bits per heavy atom. The van der Waals surface area contributed by atoms with Crippen LogP contribution in [0.25, 0.3) is 0 Å². The summed E-state index contributed by atoms with van der Waals surface area (Å²) in [6.45, 7) is 4.18. The Morgan fingerprint density at radius 3 is 2.65 bits per heavy atom. The number of hydrogen-bond donors (Lipinski definition) is 3. The molecule has 1 aliphatic carbocycles. The van der Waals surface area contributed by atoms with Gasteiger partial charge >= 0.3 is 6.03 Å². The second-order valence-electron chi connectivity index (χ2n) is 11.7. The molecule has 3 N–H and O–H groups in total. The lowest BCUT2D eigenvalue weighted by molar-refractivity contribution is -0.124. The van der Waals surface area contributed by atoms with E-state index in [2.05, 4.69) is 16.0 Å². The van der Waals surface area contributed by atoms with Crippen molar-refractivity contribution in [2.75, 3.05) is 40.4 Å². The second kappa shape index (κ2) is 16.5. The fraction of sp³-hybridized carbons (Fsp3) is 0.742. The van der Waals surface area contributed by atoms with E-state index in [4.69, 9.17) is 16.3 Å². The zero-order chi connectivity index (χ0) is 29.0. The van der Waals surface area contributed by atoms with Crippen LogP contribution >= 0.6 is 11.6 Å². The van der Waals surface area contributed by atoms with E-state index in [1.807, 2.05) is 11.9 Å². The number of carbonyl (C=O) groups excluding carboxylic acids is 2. The van der Waals surface area contributed by atoms with Crippen LogP contribution in [0.3, 0.4) is 0 Å². The largest absolute Gasteiger partial charge is 0.385 e. The van der Waals surface area contributed by atoms with Gasteiger partial charge in [-0.3, -0.25) is 4.79 Å². The number of likely N-dealkylation sites (tertiary alicyclic amines) is 1. The predicted molar refractivity (Wildman–Crippen MR) is 159 cm³/mol. The van der Waals surface area contributed by atoms with Crippen molar-refractivity contribution in [3.63, 3.8) is 0 Å². The minimum Gasteiger partial charge on any atom is -0.385 e. The number of carbonyl (C=O) groups is 2. The Kier molecular flexibility index (Phi) is 13.5. The van der Waals surface area contributed by atoms with E-state index in [1.54, 1.807) is 26.2 Å². The van der Waals surface area contributed by atoms with Gasteiger partial charge in [0, 0.05) is 57.3 Å². The molecule has 226 valence electrons. The van der Waals surface area contributed by atoms with Crippen LogP contribution in [0.4, 0.5) is 9.18 Å². The molecule has 9 heteroatoms. The lowest BCUT2D eigenvalue weighted by Crippen LogP contribution is -2.58. The molecule has 0 spiro atoms. The zero-order valence-electron chi connectivity index (χ0n) is 24.7. The van der Waals surface area contributed by atoms with Gasteiger partial charge in [-0.25, -0.2) is 9.18 Å². The fourth-order valence-electron chi connectivity index (χ4n) is 6.72. The number of ether oxygens (including phenoxy) is 1. The third-order valence-electron chi connectivity index (χ3n) is 8.81. The van der Waals surface area contributed by atoms with Gasteiger partial charge in [-0.1, -0.05) is 62.8 Å². The summed E-state index contributed by atoms with van der Waals surface area (Å²) in [7, 11) is 3.58. The number of hydrogen-bond acceptors (Lipinski definition) is 4. The Labute approximate surface area is 245 Å². The van der Waals surface area contributed by atoms with Crippen LogP contribution in [0, 0.1) is 17.7 Å². The Balaban J connectivity index is 1.86. The quantitative estimate of drug-likeness (QED) is 0.236. The van der Waals surface area contributed by atoms with Crippen molar-refractivity contribution in [2.24, 2.45) is 11.8 Å². The Morgan fingerprint density at radius 2 is 1.95 bits per heavy atom. The third-order valence-corrected chi connectivity index (χ3v) is 9.10. The molecule has 3 unspecified atom stereocenters. The molecule has 0 radical (unpaired) electrons. The average molecular weight is 581 g/mol. The molecular formula is C31H50ClFN4O3. The van der Waals surface area contributed by atoms with Gasteiger partial charge in [0.05, 0.1) is 10.6 Å². The molecule has 3 rings (SSSR count). The molecule has 3 atom stereocenters. The molecule has 0 bridgehead atoms. The second-order valence-corrected chi connectivity index (χ2v) is 12.1. The topological polar surface area (TPSA) is 82.7 Å². The van der Waals surface area contributed by atoms with Crippen molar-refractivity contribution >= 4 is 23.5 Å². The van der Waals surface area contributed by atoms with Crippen LogP contribution < -0.4 is 16.0 Å². The molecular weight excluding hydrogens is 531 g/mol.